The maximum Gasteiger partial charge on any atom is 0.333 e. The molecule has 0 heterocycles. The van der Waals surface area contributed by atoms with Gasteiger partial charge >= 0.3 is 5.97 Å². The van der Waals surface area contributed by atoms with Gasteiger partial charge in [-0.2, -0.15) is 0 Å². The minimum atomic E-state index is -0.997. The SMILES string of the molecule is CCOCCOCC(NC)(C(=O)OCC)c1ccccc1. The summed E-state index contributed by atoms with van der Waals surface area (Å²) in [5.41, 5.74) is -0.175. The van der Waals surface area contributed by atoms with Crippen molar-refractivity contribution in [2.24, 2.45) is 0 Å². The van der Waals surface area contributed by atoms with Gasteiger partial charge in [-0.05, 0) is 26.5 Å². The lowest BCUT2D eigenvalue weighted by molar-refractivity contribution is -0.155. The summed E-state index contributed by atoms with van der Waals surface area (Å²) in [4.78, 5) is 12.4. The van der Waals surface area contributed by atoms with Crippen LogP contribution in [0.5, 0.6) is 0 Å². The Morgan fingerprint density at radius 2 is 1.76 bits per heavy atom. The van der Waals surface area contributed by atoms with E-state index in [1.165, 1.54) is 0 Å². The number of likely N-dealkylation sites (N-methyl/N-ethyl adjacent to an activating group) is 1. The second-order valence-electron chi connectivity index (χ2n) is 4.49. The number of nitrogens with one attached hydrogen (secondary N) is 1. The summed E-state index contributed by atoms with van der Waals surface area (Å²) >= 11 is 0. The van der Waals surface area contributed by atoms with E-state index in [-0.39, 0.29) is 12.6 Å². The van der Waals surface area contributed by atoms with Gasteiger partial charge in [0.2, 0.25) is 0 Å². The van der Waals surface area contributed by atoms with Crippen molar-refractivity contribution in [3.8, 4) is 0 Å². The lowest BCUT2D eigenvalue weighted by atomic mass is 9.91. The molecule has 118 valence electrons. The Morgan fingerprint density at radius 1 is 1.10 bits per heavy atom. The van der Waals surface area contributed by atoms with Crippen molar-refractivity contribution in [2.45, 2.75) is 19.4 Å². The first kappa shape index (κ1) is 17.6. The summed E-state index contributed by atoms with van der Waals surface area (Å²) in [5, 5.41) is 3.07. The molecule has 0 radical (unpaired) electrons. The lowest BCUT2D eigenvalue weighted by Crippen LogP contribution is -2.52. The van der Waals surface area contributed by atoms with Gasteiger partial charge in [-0.3, -0.25) is 5.32 Å². The van der Waals surface area contributed by atoms with Crippen molar-refractivity contribution in [1.29, 1.82) is 0 Å². The minimum Gasteiger partial charge on any atom is -0.464 e. The molecule has 0 saturated heterocycles. The van der Waals surface area contributed by atoms with Crippen LogP contribution in [0.15, 0.2) is 30.3 Å². The third kappa shape index (κ3) is 4.81. The Balaban J connectivity index is 2.85. The predicted octanol–water partition coefficient (Wildman–Crippen LogP) is 1.72. The Kier molecular flexibility index (Phi) is 7.97. The Hall–Kier alpha value is -1.43. The van der Waals surface area contributed by atoms with Crippen LogP contribution in [0, 0.1) is 0 Å². The number of rotatable bonds is 10. The van der Waals surface area contributed by atoms with E-state index in [1.54, 1.807) is 14.0 Å². The van der Waals surface area contributed by atoms with E-state index < -0.39 is 5.54 Å². The Bertz CT molecular complexity index is 410. The van der Waals surface area contributed by atoms with Crippen molar-refractivity contribution in [2.75, 3.05) is 40.1 Å². The third-order valence-corrected chi connectivity index (χ3v) is 3.21. The first-order valence-corrected chi connectivity index (χ1v) is 7.28. The molecule has 1 aromatic carbocycles. The fraction of sp³-hybridized carbons (Fsp3) is 0.562. The van der Waals surface area contributed by atoms with Gasteiger partial charge in [0.1, 0.15) is 0 Å². The number of hydrogen-bond acceptors (Lipinski definition) is 5. The molecular formula is C16H25NO4. The molecule has 21 heavy (non-hydrogen) atoms. The van der Waals surface area contributed by atoms with E-state index in [1.807, 2.05) is 37.3 Å². The van der Waals surface area contributed by atoms with E-state index in [0.29, 0.717) is 26.4 Å². The van der Waals surface area contributed by atoms with Gasteiger partial charge in [-0.25, -0.2) is 4.79 Å². The molecule has 5 heteroatoms. The molecule has 0 aliphatic heterocycles. The zero-order valence-electron chi connectivity index (χ0n) is 13.1. The Morgan fingerprint density at radius 3 is 2.33 bits per heavy atom. The summed E-state index contributed by atoms with van der Waals surface area (Å²) in [6.45, 7) is 5.84. The minimum absolute atomic E-state index is 0.194. The second kappa shape index (κ2) is 9.50. The fourth-order valence-electron chi connectivity index (χ4n) is 2.04. The number of ether oxygens (including phenoxy) is 3. The van der Waals surface area contributed by atoms with Crippen LogP contribution in [0.4, 0.5) is 0 Å². The molecule has 1 rings (SSSR count). The molecule has 0 bridgehead atoms. The number of hydrogen-bond donors (Lipinski definition) is 1. The molecule has 1 N–H and O–H groups in total. The van der Waals surface area contributed by atoms with Crippen molar-refractivity contribution in [3.05, 3.63) is 35.9 Å². The smallest absolute Gasteiger partial charge is 0.333 e. The molecule has 0 fully saturated rings. The molecule has 5 nitrogen and oxygen atoms in total. The largest absolute Gasteiger partial charge is 0.464 e. The van der Waals surface area contributed by atoms with Gasteiger partial charge in [0.15, 0.2) is 5.54 Å². The molecule has 0 aromatic heterocycles. The molecule has 0 spiro atoms. The summed E-state index contributed by atoms with van der Waals surface area (Å²) < 4.78 is 16.1. The van der Waals surface area contributed by atoms with Crippen LogP contribution >= 0.6 is 0 Å². The van der Waals surface area contributed by atoms with Gasteiger partial charge in [0, 0.05) is 6.61 Å². The van der Waals surface area contributed by atoms with Crippen molar-refractivity contribution < 1.29 is 19.0 Å². The third-order valence-electron chi connectivity index (χ3n) is 3.21. The second-order valence-corrected chi connectivity index (χ2v) is 4.49. The van der Waals surface area contributed by atoms with E-state index >= 15 is 0 Å². The van der Waals surface area contributed by atoms with Crippen molar-refractivity contribution >= 4 is 5.97 Å². The predicted molar refractivity (Wildman–Crippen MR) is 81.1 cm³/mol. The van der Waals surface area contributed by atoms with Gasteiger partial charge in [-0.15, -0.1) is 0 Å². The average molecular weight is 295 g/mol. The molecule has 1 aromatic rings. The van der Waals surface area contributed by atoms with Crippen molar-refractivity contribution in [1.82, 2.24) is 5.32 Å². The van der Waals surface area contributed by atoms with Crippen LogP contribution in [0.3, 0.4) is 0 Å². The quantitative estimate of drug-likeness (QED) is 0.526. The van der Waals surface area contributed by atoms with Crippen molar-refractivity contribution in [3.63, 3.8) is 0 Å². The molecule has 0 amide bonds. The van der Waals surface area contributed by atoms with E-state index in [4.69, 9.17) is 14.2 Å². The zero-order chi connectivity index (χ0) is 15.6. The van der Waals surface area contributed by atoms with Crippen LogP contribution in [-0.2, 0) is 24.5 Å². The molecule has 0 saturated carbocycles. The van der Waals surface area contributed by atoms with Crippen LogP contribution in [-0.4, -0.2) is 46.1 Å². The molecular weight excluding hydrogens is 270 g/mol. The van der Waals surface area contributed by atoms with Gasteiger partial charge < -0.3 is 14.2 Å². The number of carbonyl (C=O) groups is 1. The highest BCUT2D eigenvalue weighted by Gasteiger charge is 2.40. The fourth-order valence-corrected chi connectivity index (χ4v) is 2.04. The van der Waals surface area contributed by atoms with Gasteiger partial charge in [0.05, 0.1) is 26.4 Å². The van der Waals surface area contributed by atoms with Crippen LogP contribution in [0.2, 0.25) is 0 Å². The van der Waals surface area contributed by atoms with Crippen LogP contribution < -0.4 is 5.32 Å². The molecule has 1 unspecified atom stereocenters. The molecule has 0 aliphatic carbocycles. The normalized spacial score (nSPS) is 13.7. The standard InChI is InChI=1S/C16H25NO4/c1-4-19-11-12-20-13-16(17-3,15(18)21-5-2)14-9-7-6-8-10-14/h6-10,17H,4-5,11-13H2,1-3H3. The van der Waals surface area contributed by atoms with E-state index in [0.717, 1.165) is 5.56 Å². The lowest BCUT2D eigenvalue weighted by Gasteiger charge is -2.31. The van der Waals surface area contributed by atoms with Crippen LogP contribution in [0.1, 0.15) is 19.4 Å². The highest BCUT2D eigenvalue weighted by atomic mass is 16.5. The van der Waals surface area contributed by atoms with E-state index in [2.05, 4.69) is 5.32 Å². The first-order valence-electron chi connectivity index (χ1n) is 7.28. The highest BCUT2D eigenvalue weighted by molar-refractivity contribution is 5.83. The molecule has 1 atom stereocenters. The monoisotopic (exact) mass is 295 g/mol. The topological polar surface area (TPSA) is 56.8 Å². The maximum atomic E-state index is 12.4. The Labute approximate surface area is 126 Å². The summed E-state index contributed by atoms with van der Waals surface area (Å²) in [5.74, 6) is -0.338. The summed E-state index contributed by atoms with van der Waals surface area (Å²) in [6.07, 6.45) is 0. The van der Waals surface area contributed by atoms with E-state index in [9.17, 15) is 4.79 Å². The average Bonchev–Trinajstić information content (AvgIpc) is 2.52. The number of esters is 1. The maximum absolute atomic E-state index is 12.4. The van der Waals surface area contributed by atoms with Gasteiger partial charge in [-0.1, -0.05) is 30.3 Å². The first-order chi connectivity index (χ1) is 10.2. The molecule has 0 aliphatic rings. The summed E-state index contributed by atoms with van der Waals surface area (Å²) in [6, 6.07) is 9.46. The number of benzene rings is 1. The van der Waals surface area contributed by atoms with Crippen LogP contribution in [0.25, 0.3) is 0 Å². The highest BCUT2D eigenvalue weighted by Crippen LogP contribution is 2.23. The van der Waals surface area contributed by atoms with Gasteiger partial charge in [0.25, 0.3) is 0 Å². The zero-order valence-corrected chi connectivity index (χ0v) is 13.1. The number of carbonyl (C=O) groups excluding carboxylic acids is 1. The summed E-state index contributed by atoms with van der Waals surface area (Å²) in [7, 11) is 1.73.